The summed E-state index contributed by atoms with van der Waals surface area (Å²) in [6.07, 6.45) is 3.20. The van der Waals surface area contributed by atoms with Crippen LogP contribution in [0.2, 0.25) is 0 Å². The van der Waals surface area contributed by atoms with Gasteiger partial charge in [0.05, 0.1) is 6.20 Å². The lowest BCUT2D eigenvalue weighted by molar-refractivity contribution is -0.122. The van der Waals surface area contributed by atoms with E-state index < -0.39 is 0 Å². The van der Waals surface area contributed by atoms with Crippen LogP contribution in [0.1, 0.15) is 0 Å². The van der Waals surface area contributed by atoms with Crippen molar-refractivity contribution in [2.45, 2.75) is 0 Å². The second-order valence-corrected chi connectivity index (χ2v) is 1.32. The number of nitrogens with zero attached hydrogens (tertiary/aromatic N) is 3. The van der Waals surface area contributed by atoms with Gasteiger partial charge in [-0.3, -0.25) is 9.80 Å². The fraction of sp³-hybridized carbons (Fsp3) is 0.250. The Morgan fingerprint density at radius 1 is 1.80 bits per heavy atom. The minimum absolute atomic E-state index is 0.250. The highest BCUT2D eigenvalue weighted by Gasteiger charge is 1.88. The van der Waals surface area contributed by atoms with Crippen LogP contribution in [-0.2, 0) is 4.79 Å². The van der Waals surface area contributed by atoms with E-state index in [1.165, 1.54) is 5.01 Å². The maximum Gasteiger partial charge on any atom is 0.290 e. The number of carboxylic acid groups (broad SMARTS) is 1. The summed E-state index contributed by atoms with van der Waals surface area (Å²) in [5, 5.41) is 15.5. The minimum Gasteiger partial charge on any atom is -0.483 e. The third-order valence-electron chi connectivity index (χ3n) is 0.633. The summed E-state index contributed by atoms with van der Waals surface area (Å²) in [6, 6.07) is 0. The lowest BCUT2D eigenvalue weighted by Crippen LogP contribution is -2.25. The molecule has 10 heavy (non-hydrogen) atoms. The third kappa shape index (κ3) is 4.72. The van der Waals surface area contributed by atoms with E-state index in [9.17, 15) is 0 Å². The van der Waals surface area contributed by atoms with Crippen LogP contribution in [0.15, 0.2) is 22.6 Å². The Kier molecular flexibility index (Phi) is 4.89. The number of hydrazine groups is 1. The highest BCUT2D eigenvalue weighted by atomic mass is 16.3. The second kappa shape index (κ2) is 5.70. The van der Waals surface area contributed by atoms with Gasteiger partial charge in [0.2, 0.25) is 0 Å². The number of hydrogen-bond donors (Lipinski definition) is 2. The van der Waals surface area contributed by atoms with Gasteiger partial charge in [-0.1, -0.05) is 0 Å². The summed E-state index contributed by atoms with van der Waals surface area (Å²) < 4.78 is 0. The van der Waals surface area contributed by atoms with Crippen molar-refractivity contribution in [1.29, 1.82) is 0 Å². The molecule has 0 spiro atoms. The lowest BCUT2D eigenvalue weighted by atomic mass is 10.8. The van der Waals surface area contributed by atoms with Crippen LogP contribution in [-0.4, -0.2) is 23.3 Å². The summed E-state index contributed by atoms with van der Waals surface area (Å²) in [5.41, 5.74) is 0. The first-order chi connectivity index (χ1) is 4.81. The van der Waals surface area contributed by atoms with Gasteiger partial charge in [0.25, 0.3) is 6.47 Å². The summed E-state index contributed by atoms with van der Waals surface area (Å²) in [4.78, 5) is 8.36. The predicted octanol–water partition coefficient (Wildman–Crippen LogP) is -0.243. The molecule has 1 heterocycles. The number of azo groups is 1. The Morgan fingerprint density at radius 3 is 2.60 bits per heavy atom. The summed E-state index contributed by atoms with van der Waals surface area (Å²) >= 11 is 0. The van der Waals surface area contributed by atoms with E-state index in [1.54, 1.807) is 12.4 Å². The van der Waals surface area contributed by atoms with Gasteiger partial charge in [-0.15, -0.1) is 0 Å². The van der Waals surface area contributed by atoms with Crippen molar-refractivity contribution < 1.29 is 9.90 Å². The van der Waals surface area contributed by atoms with Gasteiger partial charge in [0.15, 0.2) is 0 Å². The quantitative estimate of drug-likeness (QED) is 0.362. The molecule has 0 fully saturated rings. The number of rotatable bonds is 0. The Hall–Kier alpha value is -1.43. The minimum atomic E-state index is -0.250. The highest BCUT2D eigenvalue weighted by molar-refractivity contribution is 5.32. The zero-order chi connectivity index (χ0) is 7.82. The molecule has 56 valence electrons. The van der Waals surface area contributed by atoms with Gasteiger partial charge >= 0.3 is 0 Å². The molecule has 6 heteroatoms. The fourth-order valence-corrected chi connectivity index (χ4v) is 0.319. The van der Waals surface area contributed by atoms with Crippen molar-refractivity contribution in [2.24, 2.45) is 16.1 Å². The Balaban J connectivity index is 0.000000236. The van der Waals surface area contributed by atoms with Crippen molar-refractivity contribution in [1.82, 2.24) is 5.01 Å². The first kappa shape index (κ1) is 8.57. The van der Waals surface area contributed by atoms with E-state index in [-0.39, 0.29) is 6.47 Å². The van der Waals surface area contributed by atoms with Crippen LogP contribution in [0.3, 0.4) is 0 Å². The van der Waals surface area contributed by atoms with Crippen LogP contribution >= 0.6 is 0 Å². The first-order valence-corrected chi connectivity index (χ1v) is 2.43. The van der Waals surface area contributed by atoms with E-state index in [1.807, 2.05) is 0 Å². The lowest BCUT2D eigenvalue weighted by Gasteiger charge is -2.09. The SMILES string of the molecule is NN1C=CN=NC1.O=CO. The Bertz CT molecular complexity index is 144. The topological polar surface area (TPSA) is 91.3 Å². The standard InChI is InChI=1S/C3H6N4.CH2O2/c4-7-2-1-5-6-3-7;2-1-3/h1-2H,3-4H2;1H,(H,2,3). The summed E-state index contributed by atoms with van der Waals surface area (Å²) in [6.45, 7) is 0.219. The molecule has 0 bridgehead atoms. The van der Waals surface area contributed by atoms with E-state index in [0.717, 1.165) is 0 Å². The van der Waals surface area contributed by atoms with Crippen molar-refractivity contribution >= 4 is 6.47 Å². The molecule has 0 amide bonds. The summed E-state index contributed by atoms with van der Waals surface area (Å²) in [5.74, 6) is 5.23. The molecule has 0 aliphatic carbocycles. The largest absolute Gasteiger partial charge is 0.483 e. The molecule has 0 aromatic heterocycles. The zero-order valence-corrected chi connectivity index (χ0v) is 5.21. The first-order valence-electron chi connectivity index (χ1n) is 2.43. The van der Waals surface area contributed by atoms with E-state index in [4.69, 9.17) is 15.7 Å². The molecule has 0 aromatic rings. The van der Waals surface area contributed by atoms with Gasteiger partial charge in [-0.05, 0) is 0 Å². The Morgan fingerprint density at radius 2 is 2.40 bits per heavy atom. The monoisotopic (exact) mass is 144 g/mol. The Labute approximate surface area is 57.6 Å². The molecule has 0 atom stereocenters. The molecule has 6 nitrogen and oxygen atoms in total. The zero-order valence-electron chi connectivity index (χ0n) is 5.21. The van der Waals surface area contributed by atoms with Gasteiger partial charge in [-0.25, -0.2) is 5.84 Å². The van der Waals surface area contributed by atoms with Gasteiger partial charge in [-0.2, -0.15) is 10.2 Å². The molecule has 0 aromatic carbocycles. The second-order valence-electron chi connectivity index (χ2n) is 1.32. The predicted molar refractivity (Wildman–Crippen MR) is 33.6 cm³/mol. The molecule has 0 saturated heterocycles. The van der Waals surface area contributed by atoms with Crippen molar-refractivity contribution in [2.75, 3.05) is 6.67 Å². The van der Waals surface area contributed by atoms with Crippen LogP contribution in [0, 0.1) is 0 Å². The maximum atomic E-state index is 8.36. The number of nitrogens with two attached hydrogens (primary N) is 1. The molecule has 1 rings (SSSR count). The van der Waals surface area contributed by atoms with Crippen LogP contribution in [0.4, 0.5) is 0 Å². The van der Waals surface area contributed by atoms with Gasteiger partial charge in [0, 0.05) is 6.20 Å². The molecular weight excluding hydrogens is 136 g/mol. The van der Waals surface area contributed by atoms with Crippen LogP contribution in [0.25, 0.3) is 0 Å². The fourth-order valence-electron chi connectivity index (χ4n) is 0.319. The molecule has 1 aliphatic heterocycles. The van der Waals surface area contributed by atoms with Crippen molar-refractivity contribution in [3.63, 3.8) is 0 Å². The van der Waals surface area contributed by atoms with E-state index >= 15 is 0 Å². The van der Waals surface area contributed by atoms with Crippen LogP contribution in [0.5, 0.6) is 0 Å². The number of hydrogen-bond acceptors (Lipinski definition) is 5. The summed E-state index contributed by atoms with van der Waals surface area (Å²) in [7, 11) is 0. The maximum absolute atomic E-state index is 8.36. The van der Waals surface area contributed by atoms with E-state index in [0.29, 0.717) is 6.67 Å². The highest BCUT2D eigenvalue weighted by Crippen LogP contribution is 1.89. The number of carbonyl (C=O) groups is 1. The smallest absolute Gasteiger partial charge is 0.290 e. The molecular formula is C4H8N4O2. The van der Waals surface area contributed by atoms with Crippen LogP contribution < -0.4 is 5.84 Å². The van der Waals surface area contributed by atoms with Crippen molar-refractivity contribution in [3.8, 4) is 0 Å². The average molecular weight is 144 g/mol. The molecule has 0 radical (unpaired) electrons. The molecule has 3 N–H and O–H groups in total. The molecule has 0 unspecified atom stereocenters. The van der Waals surface area contributed by atoms with Gasteiger partial charge < -0.3 is 5.11 Å². The molecule has 1 aliphatic rings. The van der Waals surface area contributed by atoms with E-state index in [2.05, 4.69) is 10.2 Å². The normalized spacial score (nSPS) is 13.9. The third-order valence-corrected chi connectivity index (χ3v) is 0.633. The molecule has 0 saturated carbocycles. The van der Waals surface area contributed by atoms with Crippen molar-refractivity contribution in [3.05, 3.63) is 12.4 Å². The average Bonchev–Trinajstić information content (AvgIpc) is 1.91. The van der Waals surface area contributed by atoms with Gasteiger partial charge in [0.1, 0.15) is 6.67 Å².